The van der Waals surface area contributed by atoms with Gasteiger partial charge < -0.3 is 0 Å². The normalized spacial score (nSPS) is 14.7. The fraction of sp³-hybridized carbons (Fsp3) is 0.393. The molecule has 0 spiro atoms. The second-order valence-corrected chi connectivity index (χ2v) is 8.72. The van der Waals surface area contributed by atoms with Crippen molar-refractivity contribution in [3.8, 4) is 11.3 Å². The SMILES string of the molecule is C=C1c2ccc3c(CCCC)cccc3c2-c2cc(C)c(C)c[n+]2C1(CC)CC. The maximum absolute atomic E-state index is 4.66. The largest absolute Gasteiger partial charge is 0.214 e. The first-order valence-corrected chi connectivity index (χ1v) is 11.3. The van der Waals surface area contributed by atoms with Crippen LogP contribution in [0.15, 0.2) is 49.2 Å². The van der Waals surface area contributed by atoms with Gasteiger partial charge in [0, 0.05) is 30.0 Å². The molecule has 1 heteroatoms. The lowest BCUT2D eigenvalue weighted by atomic mass is 9.74. The second kappa shape index (κ2) is 7.44. The van der Waals surface area contributed by atoms with E-state index in [0.717, 1.165) is 19.3 Å². The van der Waals surface area contributed by atoms with Gasteiger partial charge in [-0.15, -0.1) is 0 Å². The number of aromatic nitrogens is 1. The molecule has 2 aromatic carbocycles. The molecule has 1 nitrogen and oxygen atoms in total. The molecule has 1 aliphatic heterocycles. The molecule has 0 atom stereocenters. The van der Waals surface area contributed by atoms with E-state index in [0.29, 0.717) is 0 Å². The van der Waals surface area contributed by atoms with E-state index in [9.17, 15) is 0 Å². The second-order valence-electron chi connectivity index (χ2n) is 8.72. The summed E-state index contributed by atoms with van der Waals surface area (Å²) >= 11 is 0. The summed E-state index contributed by atoms with van der Waals surface area (Å²) in [5.74, 6) is 0. The monoisotopic (exact) mass is 384 g/mol. The van der Waals surface area contributed by atoms with Crippen molar-refractivity contribution in [1.29, 1.82) is 0 Å². The van der Waals surface area contributed by atoms with Crippen molar-refractivity contribution in [1.82, 2.24) is 0 Å². The van der Waals surface area contributed by atoms with Crippen LogP contribution < -0.4 is 4.57 Å². The number of hydrogen-bond donors (Lipinski definition) is 0. The van der Waals surface area contributed by atoms with Crippen molar-refractivity contribution in [3.63, 3.8) is 0 Å². The predicted octanol–water partition coefficient (Wildman–Crippen LogP) is 7.30. The quantitative estimate of drug-likeness (QED) is 0.406. The van der Waals surface area contributed by atoms with Crippen LogP contribution in [0.5, 0.6) is 0 Å². The molecule has 0 bridgehead atoms. The molecule has 0 N–H and O–H groups in total. The van der Waals surface area contributed by atoms with Gasteiger partial charge in [-0.2, -0.15) is 4.57 Å². The molecule has 1 aliphatic rings. The van der Waals surface area contributed by atoms with Crippen LogP contribution in [0.2, 0.25) is 0 Å². The highest BCUT2D eigenvalue weighted by Crippen LogP contribution is 2.46. The van der Waals surface area contributed by atoms with Gasteiger partial charge in [0.05, 0.1) is 5.56 Å². The Labute approximate surface area is 176 Å². The van der Waals surface area contributed by atoms with E-state index >= 15 is 0 Å². The first kappa shape index (κ1) is 19.9. The average Bonchev–Trinajstić information content (AvgIpc) is 2.74. The minimum absolute atomic E-state index is 0.0473. The number of benzene rings is 2. The van der Waals surface area contributed by atoms with Gasteiger partial charge in [0.25, 0.3) is 0 Å². The van der Waals surface area contributed by atoms with Gasteiger partial charge in [0.1, 0.15) is 0 Å². The van der Waals surface area contributed by atoms with Crippen LogP contribution in [0.1, 0.15) is 68.7 Å². The smallest absolute Gasteiger partial charge is 0.188 e. The van der Waals surface area contributed by atoms with E-state index in [4.69, 9.17) is 0 Å². The molecule has 0 radical (unpaired) electrons. The van der Waals surface area contributed by atoms with Crippen LogP contribution in [0.4, 0.5) is 0 Å². The lowest BCUT2D eigenvalue weighted by molar-refractivity contribution is -0.741. The van der Waals surface area contributed by atoms with E-state index in [-0.39, 0.29) is 5.54 Å². The fourth-order valence-corrected chi connectivity index (χ4v) is 5.25. The van der Waals surface area contributed by atoms with Gasteiger partial charge in [-0.1, -0.05) is 64.1 Å². The highest BCUT2D eigenvalue weighted by atomic mass is 15.1. The summed E-state index contributed by atoms with van der Waals surface area (Å²) in [5.41, 5.74) is 9.43. The van der Waals surface area contributed by atoms with Crippen molar-refractivity contribution < 1.29 is 4.57 Å². The Morgan fingerprint density at radius 3 is 2.38 bits per heavy atom. The average molecular weight is 385 g/mol. The Kier molecular flexibility index (Phi) is 5.11. The molecule has 150 valence electrons. The lowest BCUT2D eigenvalue weighted by Crippen LogP contribution is -2.59. The summed E-state index contributed by atoms with van der Waals surface area (Å²) in [4.78, 5) is 0. The molecule has 0 saturated carbocycles. The molecular weight excluding hydrogens is 350 g/mol. The highest BCUT2D eigenvalue weighted by Gasteiger charge is 2.47. The summed E-state index contributed by atoms with van der Waals surface area (Å²) in [6.07, 6.45) is 8.08. The molecule has 0 aliphatic carbocycles. The fourth-order valence-electron chi connectivity index (χ4n) is 5.25. The van der Waals surface area contributed by atoms with Crippen molar-refractivity contribution >= 4 is 16.3 Å². The van der Waals surface area contributed by atoms with Gasteiger partial charge in [-0.05, 0) is 54.2 Å². The molecule has 2 heterocycles. The van der Waals surface area contributed by atoms with Gasteiger partial charge in [0.15, 0.2) is 11.7 Å². The number of nitrogens with zero attached hydrogens (tertiary/aromatic N) is 1. The first-order valence-electron chi connectivity index (χ1n) is 11.3. The third-order valence-corrected chi connectivity index (χ3v) is 7.28. The maximum atomic E-state index is 4.66. The molecule has 0 amide bonds. The van der Waals surface area contributed by atoms with Gasteiger partial charge in [-0.25, -0.2) is 0 Å². The summed E-state index contributed by atoms with van der Waals surface area (Å²) in [6, 6.07) is 13.9. The Morgan fingerprint density at radius 2 is 1.69 bits per heavy atom. The predicted molar refractivity (Wildman–Crippen MR) is 125 cm³/mol. The molecule has 3 aromatic rings. The van der Waals surface area contributed by atoms with Crippen LogP contribution in [0.3, 0.4) is 0 Å². The maximum Gasteiger partial charge on any atom is 0.214 e. The first-order chi connectivity index (χ1) is 14.0. The third kappa shape index (κ3) is 2.86. The van der Waals surface area contributed by atoms with E-state index in [1.807, 2.05) is 0 Å². The molecule has 29 heavy (non-hydrogen) atoms. The Hall–Kier alpha value is -2.41. The summed E-state index contributed by atoms with van der Waals surface area (Å²) in [7, 11) is 0. The van der Waals surface area contributed by atoms with Crippen molar-refractivity contribution in [2.75, 3.05) is 0 Å². The van der Waals surface area contributed by atoms with E-state index in [1.165, 1.54) is 62.7 Å². The Balaban J connectivity index is 2.10. The molecular formula is C28H34N+. The van der Waals surface area contributed by atoms with Gasteiger partial charge >= 0.3 is 0 Å². The molecule has 1 aromatic heterocycles. The number of hydrogen-bond acceptors (Lipinski definition) is 0. The number of rotatable bonds is 5. The summed E-state index contributed by atoms with van der Waals surface area (Å²) in [6.45, 7) is 16.0. The van der Waals surface area contributed by atoms with Crippen LogP contribution in [-0.4, -0.2) is 0 Å². The van der Waals surface area contributed by atoms with Crippen LogP contribution in [0, 0.1) is 13.8 Å². The van der Waals surface area contributed by atoms with Crippen molar-refractivity contribution in [2.45, 2.75) is 72.3 Å². The van der Waals surface area contributed by atoms with E-state index < -0.39 is 0 Å². The van der Waals surface area contributed by atoms with Crippen LogP contribution in [0.25, 0.3) is 27.6 Å². The number of allylic oxidation sites excluding steroid dienone is 1. The number of pyridine rings is 1. The molecule has 0 saturated heterocycles. The number of unbranched alkanes of at least 4 members (excludes halogenated alkanes) is 1. The van der Waals surface area contributed by atoms with Crippen LogP contribution in [-0.2, 0) is 12.0 Å². The zero-order chi connectivity index (χ0) is 20.8. The van der Waals surface area contributed by atoms with Crippen LogP contribution >= 0.6 is 0 Å². The molecule has 0 unspecified atom stereocenters. The number of fused-ring (bicyclic) bond motifs is 5. The third-order valence-electron chi connectivity index (χ3n) is 7.28. The van der Waals surface area contributed by atoms with E-state index in [1.54, 1.807) is 0 Å². The molecule has 0 fully saturated rings. The van der Waals surface area contributed by atoms with Crippen molar-refractivity contribution in [3.05, 3.63) is 71.4 Å². The standard InChI is InChI=1S/C28H34N/c1-7-10-12-22-13-11-14-25-24(22)16-15-23-21(6)28(8-2,9-3)29-18-20(5)19(4)17-26(29)27(23)25/h11,13-18H,6-10,12H2,1-5H3/q+1. The minimum atomic E-state index is -0.0473. The van der Waals surface area contributed by atoms with Crippen molar-refractivity contribution in [2.24, 2.45) is 0 Å². The Morgan fingerprint density at radius 1 is 0.931 bits per heavy atom. The lowest BCUT2D eigenvalue weighted by Gasteiger charge is -2.35. The topological polar surface area (TPSA) is 3.88 Å². The highest BCUT2D eigenvalue weighted by molar-refractivity contribution is 6.03. The Bertz CT molecular complexity index is 1100. The summed E-state index contributed by atoms with van der Waals surface area (Å²) in [5, 5.41) is 2.77. The van der Waals surface area contributed by atoms with Gasteiger partial charge in [0.2, 0.25) is 5.69 Å². The van der Waals surface area contributed by atoms with E-state index in [2.05, 4.69) is 88.4 Å². The molecule has 4 rings (SSSR count). The zero-order valence-corrected chi connectivity index (χ0v) is 18.7. The minimum Gasteiger partial charge on any atom is -0.188 e. The van der Waals surface area contributed by atoms with Gasteiger partial charge in [-0.3, -0.25) is 0 Å². The number of aryl methyl sites for hydroxylation is 3. The zero-order valence-electron chi connectivity index (χ0n) is 18.7. The summed E-state index contributed by atoms with van der Waals surface area (Å²) < 4.78 is 2.54.